The number of hydrogen-bond acceptors (Lipinski definition) is 3. The van der Waals surface area contributed by atoms with Gasteiger partial charge in [0.1, 0.15) is 0 Å². The van der Waals surface area contributed by atoms with E-state index in [-0.39, 0.29) is 6.10 Å². The van der Waals surface area contributed by atoms with E-state index in [1.165, 1.54) is 46.9 Å². The molecule has 3 fully saturated rings. The molecular weight excluding hydrogens is 495 g/mol. The van der Waals surface area contributed by atoms with Gasteiger partial charge in [-0.1, -0.05) is 42.5 Å². The third kappa shape index (κ3) is 5.02. The average Bonchev–Trinajstić information content (AvgIpc) is 2.80. The molecule has 0 amide bonds. The molecule has 3 aliphatic rings. The Balaban J connectivity index is 1.24. The first kappa shape index (κ1) is 21.9. The summed E-state index contributed by atoms with van der Waals surface area (Å²) in [5.74, 6) is 1.34. The van der Waals surface area contributed by atoms with Crippen molar-refractivity contribution in [1.82, 2.24) is 9.80 Å². The summed E-state index contributed by atoms with van der Waals surface area (Å²) in [7, 11) is 0. The molecule has 4 atom stereocenters. The summed E-state index contributed by atoms with van der Waals surface area (Å²) < 4.78 is 1.32. The highest BCUT2D eigenvalue weighted by atomic mass is 127. The molecule has 2 heterocycles. The zero-order valence-corrected chi connectivity index (χ0v) is 20.5. The van der Waals surface area contributed by atoms with E-state index >= 15 is 0 Å². The van der Waals surface area contributed by atoms with Crippen molar-refractivity contribution in [3.8, 4) is 0 Å². The highest BCUT2D eigenvalue weighted by Crippen LogP contribution is 2.39. The van der Waals surface area contributed by atoms with Crippen LogP contribution < -0.4 is 0 Å². The number of rotatable bonds is 4. The lowest BCUT2D eigenvalue weighted by molar-refractivity contribution is -0.0602. The number of fused-ring (bicyclic) bond motifs is 1. The summed E-state index contributed by atoms with van der Waals surface area (Å²) in [6, 6.07) is 20.9. The molecule has 0 bridgehead atoms. The Bertz CT molecular complexity index is 851. The van der Waals surface area contributed by atoms with Gasteiger partial charge in [-0.2, -0.15) is 0 Å². The van der Waals surface area contributed by atoms with E-state index < -0.39 is 0 Å². The van der Waals surface area contributed by atoms with Gasteiger partial charge in [0.15, 0.2) is 0 Å². The first-order valence-corrected chi connectivity index (χ1v) is 13.2. The van der Waals surface area contributed by atoms with Gasteiger partial charge in [0.05, 0.1) is 6.10 Å². The van der Waals surface area contributed by atoms with Crippen molar-refractivity contribution in [3.05, 3.63) is 69.3 Å². The highest BCUT2D eigenvalue weighted by Gasteiger charge is 2.43. The van der Waals surface area contributed by atoms with Crippen molar-refractivity contribution in [1.29, 1.82) is 0 Å². The Morgan fingerprint density at radius 3 is 2.45 bits per heavy atom. The average molecular weight is 530 g/mol. The van der Waals surface area contributed by atoms with Crippen molar-refractivity contribution in [3.63, 3.8) is 0 Å². The molecule has 2 aromatic carbocycles. The molecule has 2 aliphatic heterocycles. The Labute approximate surface area is 201 Å². The van der Waals surface area contributed by atoms with Gasteiger partial charge in [0.2, 0.25) is 0 Å². The first-order chi connectivity index (χ1) is 15.2. The number of benzene rings is 2. The molecule has 4 unspecified atom stereocenters. The monoisotopic (exact) mass is 530 g/mol. The normalized spacial score (nSPS) is 30.8. The number of likely N-dealkylation sites (tertiary alicyclic amines) is 2. The largest absolute Gasteiger partial charge is 0.391 e. The van der Waals surface area contributed by atoms with Gasteiger partial charge >= 0.3 is 0 Å². The minimum absolute atomic E-state index is 0.160. The summed E-state index contributed by atoms with van der Waals surface area (Å²) in [4.78, 5) is 5.35. The maximum Gasteiger partial charge on any atom is 0.0699 e. The van der Waals surface area contributed by atoms with Crippen LogP contribution in [-0.4, -0.2) is 52.7 Å². The van der Waals surface area contributed by atoms with Crippen LogP contribution in [-0.2, 0) is 6.54 Å². The van der Waals surface area contributed by atoms with E-state index in [1.807, 2.05) is 0 Å². The van der Waals surface area contributed by atoms with Crippen molar-refractivity contribution in [2.24, 2.45) is 5.92 Å². The van der Waals surface area contributed by atoms with Crippen LogP contribution in [0.2, 0.25) is 0 Å². The summed E-state index contributed by atoms with van der Waals surface area (Å²) in [6.07, 6.45) is 6.94. The number of piperidine rings is 2. The predicted octanol–water partition coefficient (Wildman–Crippen LogP) is 5.27. The van der Waals surface area contributed by atoms with Crippen LogP contribution >= 0.6 is 22.6 Å². The van der Waals surface area contributed by atoms with Crippen LogP contribution in [0.25, 0.3) is 0 Å². The van der Waals surface area contributed by atoms with Gasteiger partial charge in [-0.25, -0.2) is 0 Å². The first-order valence-electron chi connectivity index (χ1n) is 12.1. The quantitative estimate of drug-likeness (QED) is 0.546. The minimum atomic E-state index is -0.160. The zero-order valence-electron chi connectivity index (χ0n) is 18.4. The second-order valence-corrected chi connectivity index (χ2v) is 11.1. The summed E-state index contributed by atoms with van der Waals surface area (Å²) in [5, 5.41) is 11.1. The SMILES string of the molecule is OC1CC2CCCN(Cc3cccc(I)c3)C2CC1N1CCC(c2ccccc2)CC1. The fourth-order valence-electron chi connectivity index (χ4n) is 6.45. The number of aliphatic hydroxyl groups is 1. The van der Waals surface area contributed by atoms with Gasteiger partial charge in [-0.3, -0.25) is 9.80 Å². The predicted molar refractivity (Wildman–Crippen MR) is 135 cm³/mol. The fourth-order valence-corrected chi connectivity index (χ4v) is 7.06. The van der Waals surface area contributed by atoms with Crippen LogP contribution in [0.3, 0.4) is 0 Å². The molecule has 31 heavy (non-hydrogen) atoms. The fraction of sp³-hybridized carbons (Fsp3) is 0.556. The van der Waals surface area contributed by atoms with E-state index in [2.05, 4.69) is 87.0 Å². The van der Waals surface area contributed by atoms with Crippen molar-refractivity contribution < 1.29 is 5.11 Å². The van der Waals surface area contributed by atoms with Gasteiger partial charge in [-0.15, -0.1) is 0 Å². The molecule has 2 aromatic rings. The topological polar surface area (TPSA) is 26.7 Å². The molecule has 0 aromatic heterocycles. The standard InChI is InChI=1S/C27H35IN2O/c28-24-10-4-6-20(16-24)19-30-13-5-9-23-17-27(31)26(18-25(23)30)29-14-11-22(12-15-29)21-7-2-1-3-8-21/h1-4,6-8,10,16,22-23,25-27,31H,5,9,11-15,17-19H2. The molecule has 166 valence electrons. The van der Waals surface area contributed by atoms with Crippen LogP contribution in [0.1, 0.15) is 55.6 Å². The molecule has 1 saturated carbocycles. The molecular formula is C27H35IN2O. The van der Waals surface area contributed by atoms with Crippen LogP contribution in [0.5, 0.6) is 0 Å². The van der Waals surface area contributed by atoms with Crippen LogP contribution in [0, 0.1) is 9.49 Å². The van der Waals surface area contributed by atoms with E-state index in [0.717, 1.165) is 32.5 Å². The number of hydrogen-bond donors (Lipinski definition) is 1. The van der Waals surface area contributed by atoms with E-state index in [4.69, 9.17) is 0 Å². The summed E-state index contributed by atoms with van der Waals surface area (Å²) >= 11 is 2.42. The molecule has 1 aliphatic carbocycles. The maximum absolute atomic E-state index is 11.1. The molecule has 2 saturated heterocycles. The van der Waals surface area contributed by atoms with Crippen LogP contribution in [0.4, 0.5) is 0 Å². The molecule has 0 radical (unpaired) electrons. The third-order valence-electron chi connectivity index (χ3n) is 8.05. The van der Waals surface area contributed by atoms with Crippen molar-refractivity contribution in [2.45, 2.75) is 69.2 Å². The van der Waals surface area contributed by atoms with E-state index in [9.17, 15) is 5.11 Å². The minimum Gasteiger partial charge on any atom is -0.391 e. The highest BCUT2D eigenvalue weighted by molar-refractivity contribution is 14.1. The second kappa shape index (κ2) is 9.90. The second-order valence-electron chi connectivity index (χ2n) is 9.90. The lowest BCUT2D eigenvalue weighted by Gasteiger charge is -2.51. The Morgan fingerprint density at radius 1 is 0.871 bits per heavy atom. The summed E-state index contributed by atoms with van der Waals surface area (Å²) in [6.45, 7) is 4.49. The number of halogens is 1. The Hall–Kier alpha value is -0.950. The van der Waals surface area contributed by atoms with Crippen molar-refractivity contribution in [2.75, 3.05) is 19.6 Å². The number of aliphatic hydroxyl groups excluding tert-OH is 1. The van der Waals surface area contributed by atoms with Gasteiger partial charge in [0, 0.05) is 22.2 Å². The smallest absolute Gasteiger partial charge is 0.0699 e. The Kier molecular flexibility index (Phi) is 6.98. The van der Waals surface area contributed by atoms with Gasteiger partial charge < -0.3 is 5.11 Å². The van der Waals surface area contributed by atoms with Gasteiger partial charge in [-0.05, 0) is 116 Å². The Morgan fingerprint density at radius 2 is 1.68 bits per heavy atom. The van der Waals surface area contributed by atoms with E-state index in [1.54, 1.807) is 0 Å². The molecule has 1 N–H and O–H groups in total. The molecule has 4 heteroatoms. The third-order valence-corrected chi connectivity index (χ3v) is 8.72. The lowest BCUT2D eigenvalue weighted by atomic mass is 9.73. The summed E-state index contributed by atoms with van der Waals surface area (Å²) in [5.41, 5.74) is 2.92. The van der Waals surface area contributed by atoms with Crippen molar-refractivity contribution >= 4 is 22.6 Å². The molecule has 0 spiro atoms. The van der Waals surface area contributed by atoms with Gasteiger partial charge in [0.25, 0.3) is 0 Å². The number of nitrogens with zero attached hydrogens (tertiary/aromatic N) is 2. The molecule has 3 nitrogen and oxygen atoms in total. The van der Waals surface area contributed by atoms with Crippen LogP contribution in [0.15, 0.2) is 54.6 Å². The molecule has 5 rings (SSSR count). The van der Waals surface area contributed by atoms with E-state index in [0.29, 0.717) is 23.9 Å². The maximum atomic E-state index is 11.1. The zero-order chi connectivity index (χ0) is 21.2. The lowest BCUT2D eigenvalue weighted by Crippen LogP contribution is -2.58.